The van der Waals surface area contributed by atoms with Gasteiger partial charge < -0.3 is 15.3 Å². The lowest BCUT2D eigenvalue weighted by molar-refractivity contribution is 0.0920. The fourth-order valence-corrected chi connectivity index (χ4v) is 3.44. The van der Waals surface area contributed by atoms with Crippen molar-refractivity contribution in [3.8, 4) is 0 Å². The summed E-state index contributed by atoms with van der Waals surface area (Å²) in [4.78, 5) is 29.3. The maximum atomic E-state index is 12.3. The average Bonchev–Trinajstić information content (AvgIpc) is 2.98. The van der Waals surface area contributed by atoms with E-state index >= 15 is 0 Å². The normalized spacial score (nSPS) is 26.0. The van der Waals surface area contributed by atoms with Crippen molar-refractivity contribution in [1.82, 2.24) is 19.6 Å². The molecule has 2 aliphatic rings. The molecule has 2 aromatic rings. The standard InChI is InChI=1S/C15H16N4O3/c20-14(12-8-16-13-3-1-2-4-18(12)13)17-7-10-5-9-6-11(9)19(10)15(21)22/h1-4,8-11H,5-7H2,(H,17,20)(H,21,22)/t9-,10+,11+/m1/s1. The fraction of sp³-hybridized carbons (Fsp3) is 0.400. The lowest BCUT2D eigenvalue weighted by Crippen LogP contribution is -2.44. The monoisotopic (exact) mass is 300 g/mol. The summed E-state index contributed by atoms with van der Waals surface area (Å²) in [6.45, 7) is 0.345. The number of carboxylic acid groups (broad SMARTS) is 1. The molecule has 2 N–H and O–H groups in total. The highest BCUT2D eigenvalue weighted by atomic mass is 16.4. The largest absolute Gasteiger partial charge is 0.465 e. The van der Waals surface area contributed by atoms with Gasteiger partial charge in [0.05, 0.1) is 12.2 Å². The summed E-state index contributed by atoms with van der Waals surface area (Å²) in [5.74, 6) is 0.249. The van der Waals surface area contributed by atoms with Crippen LogP contribution in [0.25, 0.3) is 5.65 Å². The summed E-state index contributed by atoms with van der Waals surface area (Å²) in [6, 6.07) is 5.56. The second-order valence-electron chi connectivity index (χ2n) is 5.92. The van der Waals surface area contributed by atoms with Crippen LogP contribution in [0.1, 0.15) is 23.3 Å². The van der Waals surface area contributed by atoms with Crippen LogP contribution in [0, 0.1) is 5.92 Å². The number of nitrogens with one attached hydrogen (secondary N) is 1. The number of piperidine rings is 1. The first-order chi connectivity index (χ1) is 10.6. The van der Waals surface area contributed by atoms with Crippen molar-refractivity contribution in [2.45, 2.75) is 24.9 Å². The molecule has 3 atom stereocenters. The molecule has 114 valence electrons. The summed E-state index contributed by atoms with van der Waals surface area (Å²) in [6.07, 6.45) is 4.23. The highest BCUT2D eigenvalue weighted by Gasteiger charge is 2.54. The van der Waals surface area contributed by atoms with Crippen LogP contribution in [0.5, 0.6) is 0 Å². The van der Waals surface area contributed by atoms with Crippen molar-refractivity contribution in [1.29, 1.82) is 0 Å². The van der Waals surface area contributed by atoms with Gasteiger partial charge in [0.15, 0.2) is 0 Å². The van der Waals surface area contributed by atoms with E-state index in [1.54, 1.807) is 10.6 Å². The number of carbonyl (C=O) groups excluding carboxylic acids is 1. The van der Waals surface area contributed by atoms with Crippen LogP contribution < -0.4 is 5.32 Å². The second kappa shape index (κ2) is 4.72. The van der Waals surface area contributed by atoms with Crippen molar-refractivity contribution >= 4 is 17.6 Å². The Balaban J connectivity index is 1.45. The van der Waals surface area contributed by atoms with E-state index < -0.39 is 6.09 Å². The number of hydrogen-bond acceptors (Lipinski definition) is 3. The molecule has 0 spiro atoms. The Morgan fingerprint density at radius 2 is 2.23 bits per heavy atom. The third-order valence-electron chi connectivity index (χ3n) is 4.58. The number of pyridine rings is 1. The van der Waals surface area contributed by atoms with Crippen LogP contribution >= 0.6 is 0 Å². The van der Waals surface area contributed by atoms with Gasteiger partial charge in [0.25, 0.3) is 5.91 Å². The van der Waals surface area contributed by atoms with Crippen molar-refractivity contribution in [2.75, 3.05) is 6.54 Å². The van der Waals surface area contributed by atoms with Gasteiger partial charge in [-0.1, -0.05) is 6.07 Å². The molecule has 2 amide bonds. The van der Waals surface area contributed by atoms with Gasteiger partial charge in [0.2, 0.25) is 0 Å². The zero-order valence-electron chi connectivity index (χ0n) is 11.8. The van der Waals surface area contributed by atoms with Crippen LogP contribution in [0.15, 0.2) is 30.6 Å². The number of aromatic nitrogens is 2. The molecule has 2 fully saturated rings. The summed E-state index contributed by atoms with van der Waals surface area (Å²) < 4.78 is 1.72. The van der Waals surface area contributed by atoms with E-state index in [0.717, 1.165) is 12.8 Å². The molecule has 1 aliphatic carbocycles. The Morgan fingerprint density at radius 1 is 1.36 bits per heavy atom. The average molecular weight is 300 g/mol. The summed E-state index contributed by atoms with van der Waals surface area (Å²) in [5.41, 5.74) is 1.17. The minimum absolute atomic E-state index is 0.121. The highest BCUT2D eigenvalue weighted by molar-refractivity contribution is 5.93. The van der Waals surface area contributed by atoms with Gasteiger partial charge in [-0.3, -0.25) is 9.20 Å². The Labute approximate surface area is 126 Å². The Morgan fingerprint density at radius 3 is 3.05 bits per heavy atom. The second-order valence-corrected chi connectivity index (χ2v) is 5.92. The van der Waals surface area contributed by atoms with Gasteiger partial charge in [-0.15, -0.1) is 0 Å². The minimum atomic E-state index is -0.890. The molecule has 1 aliphatic heterocycles. The van der Waals surface area contributed by atoms with Gasteiger partial charge in [0.1, 0.15) is 11.3 Å². The van der Waals surface area contributed by atoms with E-state index in [1.807, 2.05) is 18.2 Å². The highest BCUT2D eigenvalue weighted by Crippen LogP contribution is 2.47. The van der Waals surface area contributed by atoms with Crippen molar-refractivity contribution < 1.29 is 14.7 Å². The predicted octanol–water partition coefficient (Wildman–Crippen LogP) is 1.20. The zero-order valence-corrected chi connectivity index (χ0v) is 11.8. The van der Waals surface area contributed by atoms with E-state index in [1.165, 1.54) is 11.1 Å². The van der Waals surface area contributed by atoms with Gasteiger partial charge in [0, 0.05) is 18.8 Å². The van der Waals surface area contributed by atoms with Crippen LogP contribution in [0.3, 0.4) is 0 Å². The number of imidazole rings is 1. The molecule has 3 heterocycles. The van der Waals surface area contributed by atoms with Crippen LogP contribution in [-0.4, -0.2) is 50.0 Å². The molecular weight excluding hydrogens is 284 g/mol. The quantitative estimate of drug-likeness (QED) is 0.892. The van der Waals surface area contributed by atoms with Crippen LogP contribution in [0.2, 0.25) is 0 Å². The number of rotatable bonds is 3. The summed E-state index contributed by atoms with van der Waals surface area (Å²) >= 11 is 0. The topological polar surface area (TPSA) is 86.9 Å². The van der Waals surface area contributed by atoms with Crippen molar-refractivity contribution in [2.24, 2.45) is 5.92 Å². The van der Waals surface area contributed by atoms with Gasteiger partial charge in [-0.25, -0.2) is 9.78 Å². The minimum Gasteiger partial charge on any atom is -0.465 e. The van der Waals surface area contributed by atoms with Crippen molar-refractivity contribution in [3.63, 3.8) is 0 Å². The smallest absolute Gasteiger partial charge is 0.407 e. The molecule has 1 saturated carbocycles. The summed E-state index contributed by atoms with van der Waals surface area (Å²) in [7, 11) is 0. The van der Waals surface area contributed by atoms with Gasteiger partial charge >= 0.3 is 6.09 Å². The molecule has 22 heavy (non-hydrogen) atoms. The summed E-state index contributed by atoms with van der Waals surface area (Å²) in [5, 5.41) is 12.1. The first-order valence-corrected chi connectivity index (χ1v) is 7.36. The lowest BCUT2D eigenvalue weighted by atomic mass is 10.1. The molecule has 4 rings (SSSR count). The predicted molar refractivity (Wildman–Crippen MR) is 77.7 cm³/mol. The van der Waals surface area contributed by atoms with E-state index in [4.69, 9.17) is 0 Å². The van der Waals surface area contributed by atoms with E-state index in [-0.39, 0.29) is 18.0 Å². The van der Waals surface area contributed by atoms with E-state index in [9.17, 15) is 14.7 Å². The molecule has 0 aromatic carbocycles. The molecule has 1 saturated heterocycles. The third-order valence-corrected chi connectivity index (χ3v) is 4.58. The van der Waals surface area contributed by atoms with E-state index in [0.29, 0.717) is 23.8 Å². The SMILES string of the molecule is O=C(NC[C@@H]1C[C@@H]2C[C@@H]2N1C(=O)O)c1cnc2ccccn12. The maximum absolute atomic E-state index is 12.3. The van der Waals surface area contributed by atoms with Gasteiger partial charge in [-0.2, -0.15) is 0 Å². The number of hydrogen-bond donors (Lipinski definition) is 2. The zero-order chi connectivity index (χ0) is 15.3. The number of likely N-dealkylation sites (tertiary alicyclic amines) is 1. The molecule has 0 unspecified atom stereocenters. The number of fused-ring (bicyclic) bond motifs is 2. The molecule has 0 bridgehead atoms. The Kier molecular flexibility index (Phi) is 2.82. The van der Waals surface area contributed by atoms with Gasteiger partial charge in [-0.05, 0) is 30.9 Å². The number of nitrogens with zero attached hydrogens (tertiary/aromatic N) is 3. The molecule has 2 aromatic heterocycles. The first kappa shape index (κ1) is 13.1. The maximum Gasteiger partial charge on any atom is 0.407 e. The molecule has 7 heteroatoms. The lowest BCUT2D eigenvalue weighted by Gasteiger charge is -2.24. The molecular formula is C15H16N4O3. The third kappa shape index (κ3) is 2.01. The fourth-order valence-electron chi connectivity index (χ4n) is 3.44. The number of carbonyl (C=O) groups is 2. The molecule has 7 nitrogen and oxygen atoms in total. The van der Waals surface area contributed by atoms with Crippen LogP contribution in [0.4, 0.5) is 4.79 Å². The Bertz CT molecular complexity index is 756. The van der Waals surface area contributed by atoms with Crippen molar-refractivity contribution in [3.05, 3.63) is 36.3 Å². The molecule has 0 radical (unpaired) electrons. The number of amides is 2. The van der Waals surface area contributed by atoms with Crippen LogP contribution in [-0.2, 0) is 0 Å². The van der Waals surface area contributed by atoms with E-state index in [2.05, 4.69) is 10.3 Å². The Hall–Kier alpha value is -2.57. The first-order valence-electron chi connectivity index (χ1n) is 7.36.